The molecule has 122 valence electrons. The summed E-state index contributed by atoms with van der Waals surface area (Å²) in [6, 6.07) is 10.6. The fraction of sp³-hybridized carbons (Fsp3) is 0.450. The van der Waals surface area contributed by atoms with E-state index >= 15 is 0 Å². The van der Waals surface area contributed by atoms with Gasteiger partial charge in [0.15, 0.2) is 0 Å². The molecular formula is C20H26N2O. The number of phenols is 1. The highest BCUT2D eigenvalue weighted by Gasteiger charge is 2.13. The minimum absolute atomic E-state index is 0.328. The Morgan fingerprint density at radius 1 is 1.17 bits per heavy atom. The van der Waals surface area contributed by atoms with E-state index in [9.17, 15) is 5.11 Å². The lowest BCUT2D eigenvalue weighted by molar-refractivity contribution is 0.382. The summed E-state index contributed by atoms with van der Waals surface area (Å²) < 4.78 is 0. The Hall–Kier alpha value is -1.87. The third kappa shape index (κ3) is 4.11. The Balaban J connectivity index is 1.76. The van der Waals surface area contributed by atoms with Crippen LogP contribution in [0.5, 0.6) is 5.75 Å². The topological polar surface area (TPSA) is 45.1 Å². The zero-order valence-electron chi connectivity index (χ0n) is 14.1. The Kier molecular flexibility index (Phi) is 4.97. The van der Waals surface area contributed by atoms with Crippen LogP contribution >= 0.6 is 0 Å². The summed E-state index contributed by atoms with van der Waals surface area (Å²) in [5.41, 5.74) is 5.35. The highest BCUT2D eigenvalue weighted by Crippen LogP contribution is 2.26. The number of aromatic hydroxyl groups is 1. The van der Waals surface area contributed by atoms with Gasteiger partial charge in [0.1, 0.15) is 5.75 Å². The molecular weight excluding hydrogens is 284 g/mol. The molecule has 23 heavy (non-hydrogen) atoms. The number of benzene rings is 1. The van der Waals surface area contributed by atoms with Gasteiger partial charge in [-0.25, -0.2) is 0 Å². The first-order chi connectivity index (χ1) is 11.1. The van der Waals surface area contributed by atoms with E-state index in [4.69, 9.17) is 0 Å². The Morgan fingerprint density at radius 2 is 2.04 bits per heavy atom. The van der Waals surface area contributed by atoms with Gasteiger partial charge in [0.2, 0.25) is 0 Å². The third-order valence-corrected chi connectivity index (χ3v) is 4.82. The van der Waals surface area contributed by atoms with E-state index in [1.807, 2.05) is 19.1 Å². The van der Waals surface area contributed by atoms with Crippen LogP contribution in [0.25, 0.3) is 11.3 Å². The monoisotopic (exact) mass is 310 g/mol. The Morgan fingerprint density at radius 3 is 2.78 bits per heavy atom. The van der Waals surface area contributed by atoms with E-state index in [2.05, 4.69) is 29.4 Å². The van der Waals surface area contributed by atoms with Crippen LogP contribution < -0.4 is 5.32 Å². The maximum atomic E-state index is 10.1. The number of phenolic OH excluding ortho intramolecular Hbond substituents is 1. The maximum Gasteiger partial charge on any atom is 0.116 e. The second-order valence-electron chi connectivity index (χ2n) is 6.67. The zero-order valence-corrected chi connectivity index (χ0v) is 14.1. The number of aromatic nitrogens is 1. The minimum Gasteiger partial charge on any atom is -0.508 e. The van der Waals surface area contributed by atoms with Gasteiger partial charge in [-0.15, -0.1) is 0 Å². The van der Waals surface area contributed by atoms with E-state index in [0.717, 1.165) is 36.3 Å². The molecule has 1 saturated heterocycles. The number of pyridine rings is 1. The first-order valence-electron chi connectivity index (χ1n) is 8.63. The van der Waals surface area contributed by atoms with Gasteiger partial charge in [0.05, 0.1) is 5.69 Å². The molecule has 0 bridgehead atoms. The molecule has 2 heterocycles. The number of hydrogen-bond donors (Lipinski definition) is 2. The van der Waals surface area contributed by atoms with Crippen molar-refractivity contribution in [3.63, 3.8) is 0 Å². The lowest BCUT2D eigenvalue weighted by Gasteiger charge is -2.23. The van der Waals surface area contributed by atoms with Crippen molar-refractivity contribution < 1.29 is 5.11 Å². The molecule has 1 fully saturated rings. The zero-order chi connectivity index (χ0) is 16.2. The predicted octanol–water partition coefficient (Wildman–Crippen LogP) is 4.15. The van der Waals surface area contributed by atoms with Gasteiger partial charge >= 0.3 is 0 Å². The van der Waals surface area contributed by atoms with Crippen molar-refractivity contribution in [2.24, 2.45) is 0 Å². The van der Waals surface area contributed by atoms with Crippen LogP contribution in [0.15, 0.2) is 30.3 Å². The van der Waals surface area contributed by atoms with Gasteiger partial charge in [-0.3, -0.25) is 4.98 Å². The number of aryl methyl sites for hydroxylation is 3. The lowest BCUT2D eigenvalue weighted by Crippen LogP contribution is -2.34. The number of nitrogens with one attached hydrogen (secondary N) is 1. The van der Waals surface area contributed by atoms with Crippen molar-refractivity contribution >= 4 is 0 Å². The molecule has 1 aromatic heterocycles. The molecule has 0 saturated carbocycles. The van der Waals surface area contributed by atoms with Crippen molar-refractivity contribution in [1.82, 2.24) is 10.3 Å². The van der Waals surface area contributed by atoms with Gasteiger partial charge in [-0.1, -0.05) is 12.5 Å². The Labute approximate surface area is 138 Å². The maximum absolute atomic E-state index is 10.1. The van der Waals surface area contributed by atoms with Crippen molar-refractivity contribution in [3.8, 4) is 17.0 Å². The van der Waals surface area contributed by atoms with Gasteiger partial charge in [-0.2, -0.15) is 0 Å². The lowest BCUT2D eigenvalue weighted by atomic mass is 9.96. The molecule has 3 heteroatoms. The number of piperidine rings is 1. The summed E-state index contributed by atoms with van der Waals surface area (Å²) in [4.78, 5) is 4.65. The largest absolute Gasteiger partial charge is 0.508 e. The van der Waals surface area contributed by atoms with Gasteiger partial charge in [0, 0.05) is 17.3 Å². The third-order valence-electron chi connectivity index (χ3n) is 4.82. The normalized spacial score (nSPS) is 18.1. The molecule has 2 N–H and O–H groups in total. The van der Waals surface area contributed by atoms with Crippen molar-refractivity contribution in [1.29, 1.82) is 0 Å². The molecule has 0 amide bonds. The van der Waals surface area contributed by atoms with E-state index in [0.29, 0.717) is 11.8 Å². The highest BCUT2D eigenvalue weighted by atomic mass is 16.3. The molecule has 2 aromatic rings. The van der Waals surface area contributed by atoms with E-state index in [-0.39, 0.29) is 0 Å². The summed E-state index contributed by atoms with van der Waals surface area (Å²) in [5, 5.41) is 13.7. The number of rotatable bonds is 4. The smallest absolute Gasteiger partial charge is 0.116 e. The molecule has 0 radical (unpaired) electrons. The van der Waals surface area contributed by atoms with Crippen molar-refractivity contribution in [2.75, 3.05) is 6.54 Å². The highest BCUT2D eigenvalue weighted by molar-refractivity contribution is 5.63. The molecule has 1 aliphatic heterocycles. The van der Waals surface area contributed by atoms with Gasteiger partial charge in [0.25, 0.3) is 0 Å². The molecule has 0 spiro atoms. The second-order valence-corrected chi connectivity index (χ2v) is 6.67. The van der Waals surface area contributed by atoms with Crippen molar-refractivity contribution in [3.05, 3.63) is 47.2 Å². The minimum atomic E-state index is 0.328. The van der Waals surface area contributed by atoms with Gasteiger partial charge < -0.3 is 10.4 Å². The molecule has 1 aliphatic rings. The summed E-state index contributed by atoms with van der Waals surface area (Å²) in [5.74, 6) is 0.328. The molecule has 0 unspecified atom stereocenters. The average Bonchev–Trinajstić information content (AvgIpc) is 2.56. The van der Waals surface area contributed by atoms with E-state index in [1.165, 1.54) is 30.4 Å². The van der Waals surface area contributed by atoms with Crippen LogP contribution in [0.4, 0.5) is 0 Å². The van der Waals surface area contributed by atoms with Crippen molar-refractivity contribution in [2.45, 2.75) is 52.0 Å². The molecule has 1 aromatic carbocycles. The number of nitrogens with zero attached hydrogens (tertiary/aromatic N) is 1. The second kappa shape index (κ2) is 7.14. The standard InChI is InChI=1S/C20H26N2O/c1-14-6-9-20(22-15(14)2)17-11-16(12-19(23)13-17)7-8-18-5-3-4-10-21-18/h6,9,11-13,18,21,23H,3-5,7-8,10H2,1-2H3/t18-/m1/s1. The van der Waals surface area contributed by atoms with Gasteiger partial charge in [-0.05, 0) is 81.5 Å². The SMILES string of the molecule is Cc1ccc(-c2cc(O)cc(CC[C@H]3CCCCN3)c2)nc1C. The summed E-state index contributed by atoms with van der Waals surface area (Å²) in [6.45, 7) is 5.23. The summed E-state index contributed by atoms with van der Waals surface area (Å²) >= 11 is 0. The Bertz CT molecular complexity index is 675. The van der Waals surface area contributed by atoms with Crippen LogP contribution in [0.1, 0.15) is 42.5 Å². The molecule has 0 aliphatic carbocycles. The number of hydrogen-bond acceptors (Lipinski definition) is 3. The molecule has 3 rings (SSSR count). The fourth-order valence-corrected chi connectivity index (χ4v) is 3.27. The van der Waals surface area contributed by atoms with Crippen LogP contribution in [0, 0.1) is 13.8 Å². The summed E-state index contributed by atoms with van der Waals surface area (Å²) in [7, 11) is 0. The average molecular weight is 310 g/mol. The fourth-order valence-electron chi connectivity index (χ4n) is 3.27. The van der Waals surface area contributed by atoms with Crippen LogP contribution in [0.3, 0.4) is 0 Å². The van der Waals surface area contributed by atoms with E-state index in [1.54, 1.807) is 6.07 Å². The molecule has 3 nitrogen and oxygen atoms in total. The first-order valence-corrected chi connectivity index (χ1v) is 8.63. The van der Waals surface area contributed by atoms with Crippen LogP contribution in [-0.4, -0.2) is 22.7 Å². The van der Waals surface area contributed by atoms with E-state index < -0.39 is 0 Å². The quantitative estimate of drug-likeness (QED) is 0.892. The summed E-state index contributed by atoms with van der Waals surface area (Å²) in [6.07, 6.45) is 6.01. The van der Waals surface area contributed by atoms with Crippen LogP contribution in [0.2, 0.25) is 0 Å². The first kappa shape index (κ1) is 16.0. The molecule has 1 atom stereocenters. The predicted molar refractivity (Wildman–Crippen MR) is 94.8 cm³/mol. The van der Waals surface area contributed by atoms with Crippen LogP contribution in [-0.2, 0) is 6.42 Å².